The van der Waals surface area contributed by atoms with E-state index in [9.17, 15) is 9.00 Å². The minimum absolute atomic E-state index is 0.101. The highest BCUT2D eigenvalue weighted by atomic mass is 35.5. The average molecular weight is 563 g/mol. The molecule has 2 heterocycles. The fraction of sp³-hybridized carbons (Fsp3) is 0.552. The number of piperazine rings is 1. The number of benzene rings is 2. The van der Waals surface area contributed by atoms with Crippen molar-refractivity contribution < 1.29 is 13.4 Å². The van der Waals surface area contributed by atoms with Gasteiger partial charge in [-0.15, -0.1) is 0 Å². The lowest BCUT2D eigenvalue weighted by molar-refractivity contribution is -0.135. The van der Waals surface area contributed by atoms with Gasteiger partial charge in [-0.3, -0.25) is 4.79 Å². The van der Waals surface area contributed by atoms with Crippen molar-refractivity contribution >= 4 is 34.2 Å². The molecule has 9 heteroatoms. The lowest BCUT2D eigenvalue weighted by atomic mass is 9.88. The molecule has 2 aromatic rings. The van der Waals surface area contributed by atoms with Crippen LogP contribution in [-0.4, -0.2) is 59.0 Å². The van der Waals surface area contributed by atoms with Gasteiger partial charge in [0.05, 0.1) is 27.3 Å². The van der Waals surface area contributed by atoms with E-state index in [2.05, 4.69) is 23.9 Å². The van der Waals surface area contributed by atoms with E-state index in [4.69, 9.17) is 11.6 Å². The maximum absolute atomic E-state index is 15.4. The molecule has 0 saturated carbocycles. The summed E-state index contributed by atoms with van der Waals surface area (Å²) in [4.78, 5) is 17.5. The topological polar surface area (TPSA) is 64.7 Å². The van der Waals surface area contributed by atoms with Crippen molar-refractivity contribution in [2.24, 2.45) is 11.8 Å². The van der Waals surface area contributed by atoms with E-state index in [-0.39, 0.29) is 35.5 Å². The van der Waals surface area contributed by atoms with Crippen molar-refractivity contribution in [3.8, 4) is 0 Å². The van der Waals surface area contributed by atoms with Gasteiger partial charge >= 0.3 is 0 Å². The van der Waals surface area contributed by atoms with Crippen LogP contribution in [0.25, 0.3) is 0 Å². The fourth-order valence-corrected chi connectivity index (χ4v) is 6.46. The van der Waals surface area contributed by atoms with E-state index in [0.29, 0.717) is 43.4 Å². The molecule has 2 aliphatic heterocycles. The molecule has 0 aromatic heterocycles. The Morgan fingerprint density at radius 1 is 1.08 bits per heavy atom. The summed E-state index contributed by atoms with van der Waals surface area (Å²) in [7, 11) is -1.30. The van der Waals surface area contributed by atoms with Crippen molar-refractivity contribution in [2.75, 3.05) is 44.2 Å². The second kappa shape index (κ2) is 12.0. The number of anilines is 1. The van der Waals surface area contributed by atoms with E-state index >= 15 is 4.39 Å². The highest BCUT2D eigenvalue weighted by molar-refractivity contribution is 7.84. The molecule has 0 aliphatic carbocycles. The van der Waals surface area contributed by atoms with Crippen LogP contribution in [0.3, 0.4) is 0 Å². The van der Waals surface area contributed by atoms with Crippen LogP contribution >= 0.6 is 11.6 Å². The largest absolute Gasteiger partial charge is 0.365 e. The number of nitrogens with one attached hydrogen (secondary N) is 2. The molecule has 0 radical (unpaired) electrons. The van der Waals surface area contributed by atoms with Gasteiger partial charge < -0.3 is 15.1 Å². The summed E-state index contributed by atoms with van der Waals surface area (Å²) in [6.45, 7) is 13.4. The molecule has 0 spiro atoms. The Kier molecular flexibility index (Phi) is 9.18. The van der Waals surface area contributed by atoms with Crippen LogP contribution in [0.1, 0.15) is 57.7 Å². The Morgan fingerprint density at radius 2 is 1.74 bits per heavy atom. The van der Waals surface area contributed by atoms with Gasteiger partial charge in [0.25, 0.3) is 0 Å². The van der Waals surface area contributed by atoms with E-state index in [0.717, 1.165) is 17.7 Å². The predicted octanol–water partition coefficient (Wildman–Crippen LogP) is 4.88. The molecule has 2 fully saturated rings. The zero-order chi connectivity index (χ0) is 27.6. The van der Waals surface area contributed by atoms with E-state index < -0.39 is 15.7 Å². The summed E-state index contributed by atoms with van der Waals surface area (Å²) in [5.74, 6) is -0.0692. The van der Waals surface area contributed by atoms with E-state index in [1.807, 2.05) is 60.9 Å². The fourth-order valence-electron chi connectivity index (χ4n) is 5.35. The number of hydrogen-bond acceptors (Lipinski definition) is 4. The second-order valence-corrected chi connectivity index (χ2v) is 14.1. The van der Waals surface area contributed by atoms with Crippen LogP contribution in [0, 0.1) is 17.7 Å². The van der Waals surface area contributed by atoms with Gasteiger partial charge in [-0.25, -0.2) is 13.3 Å². The van der Waals surface area contributed by atoms with Crippen LogP contribution < -0.4 is 14.9 Å². The molecule has 4 rings (SSSR count). The Morgan fingerprint density at radius 3 is 2.34 bits per heavy atom. The molecule has 2 aliphatic rings. The van der Waals surface area contributed by atoms with Crippen molar-refractivity contribution in [3.05, 3.63) is 64.4 Å². The highest BCUT2D eigenvalue weighted by Crippen LogP contribution is 2.36. The van der Waals surface area contributed by atoms with Gasteiger partial charge in [0, 0.05) is 56.3 Å². The number of halogens is 2. The van der Waals surface area contributed by atoms with Crippen molar-refractivity contribution in [1.29, 1.82) is 0 Å². The zero-order valence-electron chi connectivity index (χ0n) is 23.0. The van der Waals surface area contributed by atoms with Gasteiger partial charge in [0.15, 0.2) is 0 Å². The first-order valence-corrected chi connectivity index (χ1v) is 15.0. The molecule has 4 atom stereocenters. The molecule has 2 N–H and O–H groups in total. The summed E-state index contributed by atoms with van der Waals surface area (Å²) in [6.07, 6.45) is 0. The normalized spacial score (nSPS) is 22.1. The SMILES string of the molecule is CC(C)[C@H](N[S@@](=O)C(C)(C)C)c1cccc(F)c1N1CCN(C(=O)[C@H]2CNC[C@@H]2c2ccc(Cl)cc2)CC1. The van der Waals surface area contributed by atoms with Crippen molar-refractivity contribution in [3.63, 3.8) is 0 Å². The number of carbonyl (C=O) groups excluding carboxylic acids is 1. The maximum atomic E-state index is 15.4. The van der Waals surface area contributed by atoms with Gasteiger partial charge in [-0.05, 0) is 56.0 Å². The van der Waals surface area contributed by atoms with E-state index in [1.54, 1.807) is 6.07 Å². The molecule has 2 aromatic carbocycles. The van der Waals surface area contributed by atoms with Crippen LogP contribution in [0.4, 0.5) is 10.1 Å². The number of hydrogen-bond donors (Lipinski definition) is 2. The first-order valence-electron chi connectivity index (χ1n) is 13.4. The predicted molar refractivity (Wildman–Crippen MR) is 154 cm³/mol. The molecule has 38 heavy (non-hydrogen) atoms. The van der Waals surface area contributed by atoms with Crippen LogP contribution in [0.15, 0.2) is 42.5 Å². The van der Waals surface area contributed by atoms with Crippen LogP contribution in [0.5, 0.6) is 0 Å². The standard InChI is InChI=1S/C29H40ClFN4O2S/c1-19(2)26(33-38(37)29(3,4)5)22-7-6-8-25(31)27(22)34-13-15-35(16-14-34)28(36)24-18-32-17-23(24)20-9-11-21(30)12-10-20/h6-12,19,23-24,26,32-33H,13-18H2,1-5H3/t23-,24+,26+,38+/m1/s1. The molecule has 6 nitrogen and oxygen atoms in total. The number of amides is 1. The lowest BCUT2D eigenvalue weighted by Crippen LogP contribution is -2.51. The van der Waals surface area contributed by atoms with Gasteiger partial charge in [0.2, 0.25) is 5.91 Å². The number of rotatable bonds is 7. The first-order chi connectivity index (χ1) is 18.0. The third-order valence-corrected chi connectivity index (χ3v) is 9.38. The number of nitrogens with zero attached hydrogens (tertiary/aromatic N) is 2. The number of carbonyl (C=O) groups is 1. The maximum Gasteiger partial charge on any atom is 0.227 e. The van der Waals surface area contributed by atoms with Gasteiger partial charge in [0.1, 0.15) is 5.82 Å². The van der Waals surface area contributed by atoms with Gasteiger partial charge in [-0.2, -0.15) is 0 Å². The Labute approximate surface area is 233 Å². The molecule has 1 amide bonds. The molecular weight excluding hydrogens is 523 g/mol. The molecule has 0 bridgehead atoms. The Hall–Kier alpha value is -2.00. The average Bonchev–Trinajstić information content (AvgIpc) is 3.36. The minimum atomic E-state index is -1.30. The third kappa shape index (κ3) is 6.41. The minimum Gasteiger partial charge on any atom is -0.365 e. The number of para-hydroxylation sites is 1. The Balaban J connectivity index is 1.49. The zero-order valence-corrected chi connectivity index (χ0v) is 24.5. The monoisotopic (exact) mass is 562 g/mol. The lowest BCUT2D eigenvalue weighted by Gasteiger charge is -2.39. The molecule has 0 unspecified atom stereocenters. The smallest absolute Gasteiger partial charge is 0.227 e. The summed E-state index contributed by atoms with van der Waals surface area (Å²) >= 11 is 6.07. The van der Waals surface area contributed by atoms with Crippen LogP contribution in [-0.2, 0) is 15.8 Å². The van der Waals surface area contributed by atoms with Gasteiger partial charge in [-0.1, -0.05) is 49.7 Å². The quantitative estimate of drug-likeness (QED) is 0.505. The van der Waals surface area contributed by atoms with Crippen molar-refractivity contribution in [1.82, 2.24) is 14.9 Å². The highest BCUT2D eigenvalue weighted by Gasteiger charge is 2.38. The molecule has 2 saturated heterocycles. The van der Waals surface area contributed by atoms with Crippen molar-refractivity contribution in [2.45, 2.75) is 51.3 Å². The molecular formula is C29H40ClFN4O2S. The summed E-state index contributed by atoms with van der Waals surface area (Å²) in [5, 5.41) is 4.07. The third-order valence-electron chi connectivity index (χ3n) is 7.55. The second-order valence-electron chi connectivity index (χ2n) is 11.6. The summed E-state index contributed by atoms with van der Waals surface area (Å²) in [6, 6.07) is 12.6. The van der Waals surface area contributed by atoms with Crippen LogP contribution in [0.2, 0.25) is 5.02 Å². The Bertz CT molecular complexity index is 1150. The van der Waals surface area contributed by atoms with E-state index in [1.165, 1.54) is 6.07 Å². The first kappa shape index (κ1) is 29.0. The summed E-state index contributed by atoms with van der Waals surface area (Å²) < 4.78 is 31.1. The molecule has 208 valence electrons. The summed E-state index contributed by atoms with van der Waals surface area (Å²) in [5.41, 5.74) is 2.46.